The first-order valence-electron chi connectivity index (χ1n) is 7.10. The Hall–Kier alpha value is -2.34. The van der Waals surface area contributed by atoms with Crippen LogP contribution in [0.3, 0.4) is 0 Å². The van der Waals surface area contributed by atoms with Crippen molar-refractivity contribution in [1.82, 2.24) is 10.2 Å². The summed E-state index contributed by atoms with van der Waals surface area (Å²) in [7, 11) is 3.62. The molecule has 118 valence electrons. The van der Waals surface area contributed by atoms with Crippen molar-refractivity contribution in [2.75, 3.05) is 19.1 Å². The number of para-hydroxylation sites is 1. The fraction of sp³-hybridized carbons (Fsp3) is 0.176. The van der Waals surface area contributed by atoms with Gasteiger partial charge in [-0.15, -0.1) is 10.2 Å². The van der Waals surface area contributed by atoms with Gasteiger partial charge in [-0.1, -0.05) is 18.2 Å². The molecule has 0 N–H and O–H groups in total. The second-order valence-electron chi connectivity index (χ2n) is 5.04. The monoisotopic (exact) mass is 373 g/mol. The molecule has 0 atom stereocenters. The molecule has 5 nitrogen and oxygen atoms in total. The molecule has 0 saturated carbocycles. The number of anilines is 1. The van der Waals surface area contributed by atoms with Crippen LogP contribution in [0.25, 0.3) is 11.5 Å². The van der Waals surface area contributed by atoms with Gasteiger partial charge in [0, 0.05) is 18.3 Å². The first-order chi connectivity index (χ1) is 11.2. The Morgan fingerprint density at radius 2 is 1.91 bits per heavy atom. The molecule has 0 unspecified atom stereocenters. The lowest BCUT2D eigenvalue weighted by atomic mass is 10.2. The molecule has 1 aromatic heterocycles. The van der Waals surface area contributed by atoms with Crippen molar-refractivity contribution < 1.29 is 9.15 Å². The third kappa shape index (κ3) is 3.53. The maximum absolute atomic E-state index is 5.76. The lowest BCUT2D eigenvalue weighted by molar-refractivity contribution is 0.412. The van der Waals surface area contributed by atoms with Gasteiger partial charge in [-0.25, -0.2) is 0 Å². The third-order valence-electron chi connectivity index (χ3n) is 3.43. The number of hydrogen-bond donors (Lipinski definition) is 0. The molecule has 2 aromatic carbocycles. The largest absolute Gasteiger partial charge is 0.496 e. The van der Waals surface area contributed by atoms with Crippen LogP contribution < -0.4 is 9.64 Å². The van der Waals surface area contributed by atoms with E-state index in [1.807, 2.05) is 55.6 Å². The molecule has 3 aromatic rings. The second-order valence-corrected chi connectivity index (χ2v) is 5.90. The van der Waals surface area contributed by atoms with E-state index in [0.29, 0.717) is 18.3 Å². The van der Waals surface area contributed by atoms with E-state index in [1.54, 1.807) is 7.11 Å². The van der Waals surface area contributed by atoms with E-state index in [9.17, 15) is 0 Å². The highest BCUT2D eigenvalue weighted by Gasteiger charge is 2.12. The molecule has 1 heterocycles. The topological polar surface area (TPSA) is 51.4 Å². The maximum atomic E-state index is 5.76. The Morgan fingerprint density at radius 3 is 2.61 bits per heavy atom. The first-order valence-corrected chi connectivity index (χ1v) is 7.89. The molecule has 0 amide bonds. The molecule has 0 aliphatic carbocycles. The van der Waals surface area contributed by atoms with Crippen molar-refractivity contribution in [3.8, 4) is 17.2 Å². The van der Waals surface area contributed by atoms with Gasteiger partial charge in [0.05, 0.1) is 18.1 Å². The SMILES string of the molecule is COc1ccc(-c2nnc(CN(C)c3ccccc3)o2)cc1Br. The molecule has 3 rings (SSSR count). The minimum Gasteiger partial charge on any atom is -0.496 e. The molecule has 23 heavy (non-hydrogen) atoms. The van der Waals surface area contributed by atoms with Gasteiger partial charge >= 0.3 is 0 Å². The summed E-state index contributed by atoms with van der Waals surface area (Å²) in [6.07, 6.45) is 0. The summed E-state index contributed by atoms with van der Waals surface area (Å²) in [6.45, 7) is 0.550. The van der Waals surface area contributed by atoms with Crippen molar-refractivity contribution in [1.29, 1.82) is 0 Å². The van der Waals surface area contributed by atoms with Crippen LogP contribution in [0.1, 0.15) is 5.89 Å². The van der Waals surface area contributed by atoms with Crippen molar-refractivity contribution in [2.24, 2.45) is 0 Å². The molecule has 0 saturated heterocycles. The van der Waals surface area contributed by atoms with Crippen LogP contribution in [0.15, 0.2) is 57.4 Å². The van der Waals surface area contributed by atoms with E-state index in [-0.39, 0.29) is 0 Å². The summed E-state index contributed by atoms with van der Waals surface area (Å²) >= 11 is 3.46. The summed E-state index contributed by atoms with van der Waals surface area (Å²) in [6, 6.07) is 15.7. The van der Waals surface area contributed by atoms with Gasteiger partial charge < -0.3 is 14.1 Å². The van der Waals surface area contributed by atoms with Crippen molar-refractivity contribution in [3.05, 3.63) is 58.9 Å². The standard InChI is InChI=1S/C17H16BrN3O2/c1-21(13-6-4-3-5-7-13)11-16-19-20-17(23-16)12-8-9-15(22-2)14(18)10-12/h3-10H,11H2,1-2H3. The molecule has 6 heteroatoms. The van der Waals surface area contributed by atoms with Gasteiger partial charge in [-0.3, -0.25) is 0 Å². The Morgan fingerprint density at radius 1 is 1.13 bits per heavy atom. The van der Waals surface area contributed by atoms with Gasteiger partial charge in [0.25, 0.3) is 0 Å². The van der Waals surface area contributed by atoms with Crippen LogP contribution in [0, 0.1) is 0 Å². The number of methoxy groups -OCH3 is 1. The minimum absolute atomic E-state index is 0.491. The molecular weight excluding hydrogens is 358 g/mol. The second kappa shape index (κ2) is 6.83. The third-order valence-corrected chi connectivity index (χ3v) is 4.05. The van der Waals surface area contributed by atoms with Crippen LogP contribution in [0.2, 0.25) is 0 Å². The van der Waals surface area contributed by atoms with E-state index in [0.717, 1.165) is 21.5 Å². The lowest BCUT2D eigenvalue weighted by Crippen LogP contribution is -2.16. The van der Waals surface area contributed by atoms with E-state index in [1.165, 1.54) is 0 Å². The fourth-order valence-corrected chi connectivity index (χ4v) is 2.75. The van der Waals surface area contributed by atoms with Crippen LogP contribution in [0.5, 0.6) is 5.75 Å². The number of halogens is 1. The van der Waals surface area contributed by atoms with Crippen LogP contribution >= 0.6 is 15.9 Å². The molecule has 0 aliphatic rings. The number of nitrogens with zero attached hydrogens (tertiary/aromatic N) is 3. The van der Waals surface area contributed by atoms with E-state index in [2.05, 4.69) is 31.0 Å². The minimum atomic E-state index is 0.491. The molecule has 0 fully saturated rings. The molecule has 0 aliphatic heterocycles. The summed E-state index contributed by atoms with van der Waals surface area (Å²) in [5, 5.41) is 8.25. The Balaban J connectivity index is 1.77. The van der Waals surface area contributed by atoms with Crippen LogP contribution in [-0.4, -0.2) is 24.4 Å². The van der Waals surface area contributed by atoms with Gasteiger partial charge in [0.15, 0.2) is 0 Å². The van der Waals surface area contributed by atoms with E-state index in [4.69, 9.17) is 9.15 Å². The molecule has 0 radical (unpaired) electrons. The van der Waals surface area contributed by atoms with Crippen LogP contribution in [0.4, 0.5) is 5.69 Å². The van der Waals surface area contributed by atoms with E-state index < -0.39 is 0 Å². The van der Waals surface area contributed by atoms with Crippen molar-refractivity contribution in [3.63, 3.8) is 0 Å². The highest BCUT2D eigenvalue weighted by molar-refractivity contribution is 9.10. The van der Waals surface area contributed by atoms with Gasteiger partial charge in [0.2, 0.25) is 11.8 Å². The zero-order valence-corrected chi connectivity index (χ0v) is 14.4. The number of aromatic nitrogens is 2. The number of rotatable bonds is 5. The Bertz CT molecular complexity index is 790. The normalized spacial score (nSPS) is 10.6. The summed E-state index contributed by atoms with van der Waals surface area (Å²) < 4.78 is 11.8. The van der Waals surface area contributed by atoms with Crippen LogP contribution in [-0.2, 0) is 6.54 Å². The average Bonchev–Trinajstić information content (AvgIpc) is 3.04. The Labute approximate surface area is 143 Å². The smallest absolute Gasteiger partial charge is 0.247 e. The number of ether oxygens (including phenoxy) is 1. The van der Waals surface area contributed by atoms with Gasteiger partial charge in [-0.05, 0) is 46.3 Å². The average molecular weight is 374 g/mol. The highest BCUT2D eigenvalue weighted by Crippen LogP contribution is 2.30. The quantitative estimate of drug-likeness (QED) is 0.672. The summed E-state index contributed by atoms with van der Waals surface area (Å²) in [4.78, 5) is 2.06. The lowest BCUT2D eigenvalue weighted by Gasteiger charge is -2.16. The number of benzene rings is 2. The predicted octanol–water partition coefficient (Wildman–Crippen LogP) is 4.14. The van der Waals surface area contributed by atoms with Gasteiger partial charge in [0.1, 0.15) is 5.75 Å². The molecule has 0 spiro atoms. The first kappa shape index (κ1) is 15.6. The van der Waals surface area contributed by atoms with Crippen molar-refractivity contribution >= 4 is 21.6 Å². The molecular formula is C17H16BrN3O2. The van der Waals surface area contributed by atoms with Crippen molar-refractivity contribution in [2.45, 2.75) is 6.54 Å². The summed E-state index contributed by atoms with van der Waals surface area (Å²) in [5.74, 6) is 1.82. The molecule has 0 bridgehead atoms. The number of hydrogen-bond acceptors (Lipinski definition) is 5. The Kier molecular flexibility index (Phi) is 4.62. The highest BCUT2D eigenvalue weighted by atomic mass is 79.9. The predicted molar refractivity (Wildman–Crippen MR) is 92.5 cm³/mol. The van der Waals surface area contributed by atoms with E-state index >= 15 is 0 Å². The zero-order valence-electron chi connectivity index (χ0n) is 12.9. The maximum Gasteiger partial charge on any atom is 0.247 e. The fourth-order valence-electron chi connectivity index (χ4n) is 2.21. The zero-order chi connectivity index (χ0) is 16.2. The van der Waals surface area contributed by atoms with Gasteiger partial charge in [-0.2, -0.15) is 0 Å². The summed E-state index contributed by atoms with van der Waals surface area (Å²) in [5.41, 5.74) is 1.94.